The van der Waals surface area contributed by atoms with Gasteiger partial charge in [0.15, 0.2) is 0 Å². The molecule has 0 radical (unpaired) electrons. The Kier molecular flexibility index (Phi) is 5.91. The van der Waals surface area contributed by atoms with Crippen LogP contribution in [0.2, 0.25) is 0 Å². The Morgan fingerprint density at radius 3 is 2.71 bits per heavy atom. The van der Waals surface area contributed by atoms with E-state index in [1.807, 2.05) is 23.1 Å². The van der Waals surface area contributed by atoms with Crippen molar-refractivity contribution >= 4 is 5.91 Å². The van der Waals surface area contributed by atoms with Gasteiger partial charge in [0, 0.05) is 30.8 Å². The largest absolute Gasteiger partial charge is 0.496 e. The molecule has 5 heteroatoms. The number of hydrogen-bond donors (Lipinski definition) is 0. The number of pyridine rings is 1. The Morgan fingerprint density at radius 1 is 1.07 bits per heavy atom. The predicted octanol–water partition coefficient (Wildman–Crippen LogP) is 3.44. The van der Waals surface area contributed by atoms with Crippen LogP contribution in [0.3, 0.4) is 0 Å². The standard InChI is InChI=1S/C23H29N3O2/c1-28-22-12-3-2-8-18(22)16-19-9-6-10-20(24-19)21-11-7-15-26(21)17-23(27)25-13-4-5-14-25/h2-3,6,8-10,12,21H,4-5,7,11,13-17H2,1H3/t21-/m0/s1. The molecule has 1 aromatic heterocycles. The molecule has 4 rings (SSSR count). The highest BCUT2D eigenvalue weighted by molar-refractivity contribution is 5.78. The summed E-state index contributed by atoms with van der Waals surface area (Å²) >= 11 is 0. The van der Waals surface area contributed by atoms with E-state index in [1.165, 1.54) is 0 Å². The molecule has 5 nitrogen and oxygen atoms in total. The second-order valence-corrected chi connectivity index (χ2v) is 7.76. The number of para-hydroxylation sites is 1. The van der Waals surface area contributed by atoms with Crippen LogP contribution < -0.4 is 4.74 Å². The normalized spacial score (nSPS) is 19.9. The van der Waals surface area contributed by atoms with Crippen LogP contribution in [-0.4, -0.2) is 54.0 Å². The number of carbonyl (C=O) groups excluding carboxylic acids is 1. The van der Waals surface area contributed by atoms with Gasteiger partial charge in [0.25, 0.3) is 0 Å². The molecule has 2 fully saturated rings. The lowest BCUT2D eigenvalue weighted by Gasteiger charge is -2.26. The lowest BCUT2D eigenvalue weighted by molar-refractivity contribution is -0.131. The zero-order valence-electron chi connectivity index (χ0n) is 16.6. The summed E-state index contributed by atoms with van der Waals surface area (Å²) in [6.07, 6.45) is 5.22. The van der Waals surface area contributed by atoms with Gasteiger partial charge in [-0.2, -0.15) is 0 Å². The van der Waals surface area contributed by atoms with E-state index in [-0.39, 0.29) is 11.9 Å². The minimum absolute atomic E-state index is 0.240. The molecule has 0 saturated carbocycles. The SMILES string of the molecule is COc1ccccc1Cc1cccc([C@@H]2CCCN2CC(=O)N2CCCC2)n1. The first-order chi connectivity index (χ1) is 13.7. The number of likely N-dealkylation sites (tertiary alicyclic amines) is 2. The third-order valence-corrected chi connectivity index (χ3v) is 5.89. The summed E-state index contributed by atoms with van der Waals surface area (Å²) in [5.41, 5.74) is 3.26. The van der Waals surface area contributed by atoms with Crippen LogP contribution in [0.1, 0.15) is 48.7 Å². The van der Waals surface area contributed by atoms with Gasteiger partial charge >= 0.3 is 0 Å². The van der Waals surface area contributed by atoms with Crippen molar-refractivity contribution < 1.29 is 9.53 Å². The first-order valence-electron chi connectivity index (χ1n) is 10.3. The average Bonchev–Trinajstić information content (AvgIpc) is 3.41. The van der Waals surface area contributed by atoms with E-state index in [0.29, 0.717) is 6.54 Å². The molecule has 2 aromatic rings. The van der Waals surface area contributed by atoms with E-state index in [4.69, 9.17) is 9.72 Å². The van der Waals surface area contributed by atoms with Gasteiger partial charge in [0.1, 0.15) is 5.75 Å². The molecule has 28 heavy (non-hydrogen) atoms. The van der Waals surface area contributed by atoms with Gasteiger partial charge in [-0.1, -0.05) is 24.3 Å². The van der Waals surface area contributed by atoms with E-state index in [1.54, 1.807) is 7.11 Å². The highest BCUT2D eigenvalue weighted by atomic mass is 16.5. The average molecular weight is 380 g/mol. The predicted molar refractivity (Wildman–Crippen MR) is 109 cm³/mol. The second kappa shape index (κ2) is 8.74. The first kappa shape index (κ1) is 18.9. The molecular weight excluding hydrogens is 350 g/mol. The van der Waals surface area contributed by atoms with Crippen molar-refractivity contribution in [1.29, 1.82) is 0 Å². The fraction of sp³-hybridized carbons (Fsp3) is 0.478. The van der Waals surface area contributed by atoms with E-state index >= 15 is 0 Å². The molecule has 2 saturated heterocycles. The number of ether oxygens (including phenoxy) is 1. The van der Waals surface area contributed by atoms with Gasteiger partial charge in [-0.3, -0.25) is 14.7 Å². The first-order valence-corrected chi connectivity index (χ1v) is 10.3. The van der Waals surface area contributed by atoms with Crippen molar-refractivity contribution in [3.8, 4) is 5.75 Å². The topological polar surface area (TPSA) is 45.7 Å². The molecule has 1 atom stereocenters. The molecule has 1 amide bonds. The van der Waals surface area contributed by atoms with Crippen LogP contribution in [0.25, 0.3) is 0 Å². The van der Waals surface area contributed by atoms with Gasteiger partial charge < -0.3 is 9.64 Å². The summed E-state index contributed by atoms with van der Waals surface area (Å²) in [5, 5.41) is 0. The number of rotatable bonds is 6. The zero-order valence-corrected chi connectivity index (χ0v) is 16.6. The van der Waals surface area contributed by atoms with Crippen LogP contribution >= 0.6 is 0 Å². The molecule has 2 aliphatic heterocycles. The number of nitrogens with zero attached hydrogens (tertiary/aromatic N) is 3. The van der Waals surface area contributed by atoms with Gasteiger partial charge in [-0.15, -0.1) is 0 Å². The Morgan fingerprint density at radius 2 is 1.89 bits per heavy atom. The molecule has 1 aromatic carbocycles. The third kappa shape index (κ3) is 4.20. The molecule has 2 aliphatic rings. The number of carbonyl (C=O) groups is 1. The quantitative estimate of drug-likeness (QED) is 0.771. The summed E-state index contributed by atoms with van der Waals surface area (Å²) in [6.45, 7) is 3.33. The number of hydrogen-bond acceptors (Lipinski definition) is 4. The van der Waals surface area contributed by atoms with E-state index in [2.05, 4.69) is 29.2 Å². The molecule has 0 aliphatic carbocycles. The summed E-state index contributed by atoms with van der Waals surface area (Å²) in [4.78, 5) is 21.9. The lowest BCUT2D eigenvalue weighted by Crippen LogP contribution is -2.38. The Labute approximate surface area is 167 Å². The molecule has 0 spiro atoms. The van der Waals surface area contributed by atoms with Crippen molar-refractivity contribution in [3.63, 3.8) is 0 Å². The van der Waals surface area contributed by atoms with Crippen LogP contribution in [0.15, 0.2) is 42.5 Å². The van der Waals surface area contributed by atoms with Crippen LogP contribution in [0, 0.1) is 0 Å². The van der Waals surface area contributed by atoms with Crippen LogP contribution in [0.5, 0.6) is 5.75 Å². The maximum atomic E-state index is 12.6. The van der Waals surface area contributed by atoms with Gasteiger partial charge in [0.2, 0.25) is 5.91 Å². The minimum atomic E-state index is 0.240. The Hall–Kier alpha value is -2.40. The van der Waals surface area contributed by atoms with E-state index in [9.17, 15) is 4.79 Å². The maximum absolute atomic E-state index is 12.6. The molecule has 3 heterocycles. The molecule has 0 bridgehead atoms. The van der Waals surface area contributed by atoms with Crippen LogP contribution in [0.4, 0.5) is 0 Å². The maximum Gasteiger partial charge on any atom is 0.236 e. The summed E-state index contributed by atoms with van der Waals surface area (Å²) in [7, 11) is 1.70. The lowest BCUT2D eigenvalue weighted by atomic mass is 10.1. The highest BCUT2D eigenvalue weighted by Gasteiger charge is 2.30. The molecular formula is C23H29N3O2. The monoisotopic (exact) mass is 379 g/mol. The number of methoxy groups -OCH3 is 1. The number of benzene rings is 1. The second-order valence-electron chi connectivity index (χ2n) is 7.76. The summed E-state index contributed by atoms with van der Waals surface area (Å²) < 4.78 is 5.48. The number of aromatic nitrogens is 1. The molecule has 0 unspecified atom stereocenters. The van der Waals surface area contributed by atoms with Crippen molar-refractivity contribution in [2.75, 3.05) is 33.3 Å². The van der Waals surface area contributed by atoms with Crippen molar-refractivity contribution in [2.24, 2.45) is 0 Å². The fourth-order valence-corrected chi connectivity index (χ4v) is 4.42. The van der Waals surface area contributed by atoms with Gasteiger partial charge in [-0.25, -0.2) is 0 Å². The van der Waals surface area contributed by atoms with Crippen molar-refractivity contribution in [3.05, 3.63) is 59.4 Å². The van der Waals surface area contributed by atoms with Crippen molar-refractivity contribution in [1.82, 2.24) is 14.8 Å². The Balaban J connectivity index is 1.47. The third-order valence-electron chi connectivity index (χ3n) is 5.89. The molecule has 148 valence electrons. The number of amides is 1. The zero-order chi connectivity index (χ0) is 19.3. The Bertz CT molecular complexity index is 817. The van der Waals surface area contributed by atoms with Gasteiger partial charge in [-0.05, 0) is 50.4 Å². The van der Waals surface area contributed by atoms with Gasteiger partial charge in [0.05, 0.1) is 25.4 Å². The van der Waals surface area contributed by atoms with Crippen LogP contribution in [-0.2, 0) is 11.2 Å². The molecule has 0 N–H and O–H groups in total. The summed E-state index contributed by atoms with van der Waals surface area (Å²) in [5.74, 6) is 1.17. The summed E-state index contributed by atoms with van der Waals surface area (Å²) in [6, 6.07) is 14.6. The van der Waals surface area contributed by atoms with E-state index < -0.39 is 0 Å². The smallest absolute Gasteiger partial charge is 0.236 e. The van der Waals surface area contributed by atoms with Crippen molar-refractivity contribution in [2.45, 2.75) is 38.1 Å². The minimum Gasteiger partial charge on any atom is -0.496 e. The highest BCUT2D eigenvalue weighted by Crippen LogP contribution is 2.31. The van der Waals surface area contributed by atoms with E-state index in [0.717, 1.165) is 74.4 Å². The fourth-order valence-electron chi connectivity index (χ4n) is 4.42.